The number of hydrogen-bond acceptors (Lipinski definition) is 7. The summed E-state index contributed by atoms with van der Waals surface area (Å²) in [4.78, 5) is 25.4. The third-order valence-corrected chi connectivity index (χ3v) is 4.36. The van der Waals surface area contributed by atoms with Gasteiger partial charge in [-0.05, 0) is 30.7 Å². The van der Waals surface area contributed by atoms with E-state index < -0.39 is 5.76 Å². The van der Waals surface area contributed by atoms with E-state index in [0.717, 1.165) is 16.8 Å². The molecule has 0 unspecified atom stereocenters. The van der Waals surface area contributed by atoms with Crippen LogP contribution in [0.4, 0.5) is 0 Å². The SMILES string of the molecule is COCCOc1cnc(-c2cccc(Cn3c(=O)oc4ccc(C)nc43)c2)nc1. The summed E-state index contributed by atoms with van der Waals surface area (Å²) in [5.41, 5.74) is 3.59. The Morgan fingerprint density at radius 1 is 1.10 bits per heavy atom. The van der Waals surface area contributed by atoms with Crippen molar-refractivity contribution in [1.29, 1.82) is 0 Å². The van der Waals surface area contributed by atoms with Crippen molar-refractivity contribution < 1.29 is 13.9 Å². The van der Waals surface area contributed by atoms with Gasteiger partial charge < -0.3 is 13.9 Å². The van der Waals surface area contributed by atoms with Crippen LogP contribution in [0, 0.1) is 6.92 Å². The van der Waals surface area contributed by atoms with Crippen LogP contribution < -0.4 is 10.5 Å². The van der Waals surface area contributed by atoms with Crippen molar-refractivity contribution in [1.82, 2.24) is 19.5 Å². The quantitative estimate of drug-likeness (QED) is 0.447. The third-order valence-electron chi connectivity index (χ3n) is 4.36. The number of oxazole rings is 1. The molecule has 0 radical (unpaired) electrons. The number of aromatic nitrogens is 4. The molecule has 0 spiro atoms. The minimum Gasteiger partial charge on any atom is -0.488 e. The fourth-order valence-electron chi connectivity index (χ4n) is 2.95. The van der Waals surface area contributed by atoms with Crippen LogP contribution in [0.1, 0.15) is 11.3 Å². The van der Waals surface area contributed by atoms with Crippen LogP contribution >= 0.6 is 0 Å². The molecule has 8 heteroatoms. The molecule has 0 saturated heterocycles. The number of nitrogens with zero attached hydrogens (tertiary/aromatic N) is 4. The van der Waals surface area contributed by atoms with Gasteiger partial charge in [0.25, 0.3) is 0 Å². The van der Waals surface area contributed by atoms with Crippen LogP contribution in [-0.2, 0) is 11.3 Å². The van der Waals surface area contributed by atoms with Crippen LogP contribution in [0.25, 0.3) is 22.6 Å². The molecule has 0 saturated carbocycles. The highest BCUT2D eigenvalue weighted by Crippen LogP contribution is 2.19. The van der Waals surface area contributed by atoms with Gasteiger partial charge in [0, 0.05) is 18.4 Å². The minimum absolute atomic E-state index is 0.342. The van der Waals surface area contributed by atoms with Gasteiger partial charge in [-0.15, -0.1) is 0 Å². The number of rotatable bonds is 7. The molecule has 3 aromatic heterocycles. The van der Waals surface area contributed by atoms with E-state index in [2.05, 4.69) is 15.0 Å². The van der Waals surface area contributed by atoms with Crippen LogP contribution in [0.5, 0.6) is 5.75 Å². The van der Waals surface area contributed by atoms with Crippen LogP contribution in [0.3, 0.4) is 0 Å². The Labute approximate surface area is 166 Å². The first-order chi connectivity index (χ1) is 14.1. The lowest BCUT2D eigenvalue weighted by Gasteiger charge is -2.07. The highest BCUT2D eigenvalue weighted by Gasteiger charge is 2.12. The van der Waals surface area contributed by atoms with Gasteiger partial charge in [-0.1, -0.05) is 18.2 Å². The molecule has 0 aliphatic heterocycles. The smallest absolute Gasteiger partial charge is 0.421 e. The normalized spacial score (nSPS) is 11.1. The van der Waals surface area contributed by atoms with E-state index in [-0.39, 0.29) is 0 Å². The molecule has 4 rings (SSSR count). The number of aryl methyl sites for hydroxylation is 1. The first kappa shape index (κ1) is 18.8. The highest BCUT2D eigenvalue weighted by molar-refractivity contribution is 5.68. The second-order valence-corrected chi connectivity index (χ2v) is 6.51. The van der Waals surface area contributed by atoms with Gasteiger partial charge in [0.05, 0.1) is 25.5 Å². The van der Waals surface area contributed by atoms with Crippen molar-refractivity contribution in [2.24, 2.45) is 0 Å². The molecule has 0 atom stereocenters. The van der Waals surface area contributed by atoms with E-state index >= 15 is 0 Å². The summed E-state index contributed by atoms with van der Waals surface area (Å²) in [6.07, 6.45) is 3.26. The largest absolute Gasteiger partial charge is 0.488 e. The molecule has 4 aromatic rings. The zero-order valence-corrected chi connectivity index (χ0v) is 16.2. The second kappa shape index (κ2) is 8.24. The Morgan fingerprint density at radius 2 is 1.93 bits per heavy atom. The predicted molar refractivity (Wildman–Crippen MR) is 107 cm³/mol. The molecule has 148 valence electrons. The Kier molecular flexibility index (Phi) is 5.35. The van der Waals surface area contributed by atoms with E-state index in [1.54, 1.807) is 25.6 Å². The molecule has 0 aliphatic carbocycles. The Balaban J connectivity index is 1.58. The number of fused-ring (bicyclic) bond motifs is 1. The number of pyridine rings is 1. The Bertz CT molecular complexity index is 1180. The molecule has 29 heavy (non-hydrogen) atoms. The van der Waals surface area contributed by atoms with Crippen LogP contribution in [0.2, 0.25) is 0 Å². The maximum Gasteiger partial charge on any atom is 0.421 e. The summed E-state index contributed by atoms with van der Waals surface area (Å²) < 4.78 is 17.3. The van der Waals surface area contributed by atoms with E-state index in [1.807, 2.05) is 37.3 Å². The van der Waals surface area contributed by atoms with E-state index in [9.17, 15) is 4.79 Å². The van der Waals surface area contributed by atoms with Crippen molar-refractivity contribution in [3.8, 4) is 17.1 Å². The van der Waals surface area contributed by atoms with Gasteiger partial charge >= 0.3 is 5.76 Å². The minimum atomic E-state index is -0.433. The number of ether oxygens (including phenoxy) is 2. The number of hydrogen-bond donors (Lipinski definition) is 0. The van der Waals surface area contributed by atoms with Gasteiger partial charge in [-0.2, -0.15) is 0 Å². The molecule has 0 bridgehead atoms. The third kappa shape index (κ3) is 4.17. The molecule has 0 fully saturated rings. The summed E-state index contributed by atoms with van der Waals surface area (Å²) in [6, 6.07) is 11.3. The summed E-state index contributed by atoms with van der Waals surface area (Å²) in [5.74, 6) is 0.724. The molecular formula is C21H20N4O4. The zero-order chi connectivity index (χ0) is 20.2. The van der Waals surface area contributed by atoms with Gasteiger partial charge in [0.1, 0.15) is 6.61 Å². The lowest BCUT2D eigenvalue weighted by Crippen LogP contribution is -2.15. The molecule has 3 heterocycles. The van der Waals surface area contributed by atoms with Crippen molar-refractivity contribution in [2.75, 3.05) is 20.3 Å². The number of benzene rings is 1. The Hall–Kier alpha value is -3.52. The predicted octanol–water partition coefficient (Wildman–Crippen LogP) is 2.83. The van der Waals surface area contributed by atoms with Gasteiger partial charge in [-0.25, -0.2) is 19.7 Å². The molecular weight excluding hydrogens is 372 g/mol. The standard InChI is InChI=1S/C21H20N4O4/c1-14-6-7-18-20(24-14)25(21(26)29-18)13-15-4-3-5-16(10-15)19-22-11-17(12-23-19)28-9-8-27-2/h3-7,10-12H,8-9,13H2,1-2H3. The van der Waals surface area contributed by atoms with Gasteiger partial charge in [-0.3, -0.25) is 4.57 Å². The zero-order valence-electron chi connectivity index (χ0n) is 16.2. The summed E-state index contributed by atoms with van der Waals surface area (Å²) in [7, 11) is 1.62. The van der Waals surface area contributed by atoms with Crippen LogP contribution in [0.15, 0.2) is 58.0 Å². The van der Waals surface area contributed by atoms with Crippen molar-refractivity contribution in [2.45, 2.75) is 13.5 Å². The van der Waals surface area contributed by atoms with E-state index in [4.69, 9.17) is 13.9 Å². The first-order valence-corrected chi connectivity index (χ1v) is 9.14. The molecule has 0 amide bonds. The number of methoxy groups -OCH3 is 1. The monoisotopic (exact) mass is 392 g/mol. The van der Waals surface area contributed by atoms with E-state index in [0.29, 0.717) is 42.6 Å². The van der Waals surface area contributed by atoms with Crippen molar-refractivity contribution in [3.63, 3.8) is 0 Å². The lowest BCUT2D eigenvalue weighted by atomic mass is 10.1. The van der Waals surface area contributed by atoms with E-state index in [1.165, 1.54) is 4.57 Å². The molecule has 0 aliphatic rings. The average Bonchev–Trinajstić information content (AvgIpc) is 3.04. The topological polar surface area (TPSA) is 92.3 Å². The summed E-state index contributed by atoms with van der Waals surface area (Å²) in [5, 5.41) is 0. The fourth-order valence-corrected chi connectivity index (χ4v) is 2.95. The first-order valence-electron chi connectivity index (χ1n) is 9.14. The maximum atomic E-state index is 12.3. The van der Waals surface area contributed by atoms with Gasteiger partial charge in [0.2, 0.25) is 0 Å². The average molecular weight is 392 g/mol. The Morgan fingerprint density at radius 3 is 2.72 bits per heavy atom. The van der Waals surface area contributed by atoms with Gasteiger partial charge in [0.15, 0.2) is 22.8 Å². The molecule has 1 aromatic carbocycles. The maximum absolute atomic E-state index is 12.3. The summed E-state index contributed by atoms with van der Waals surface area (Å²) >= 11 is 0. The van der Waals surface area contributed by atoms with Crippen LogP contribution in [-0.4, -0.2) is 39.8 Å². The lowest BCUT2D eigenvalue weighted by molar-refractivity contribution is 0.146. The second-order valence-electron chi connectivity index (χ2n) is 6.51. The highest BCUT2D eigenvalue weighted by atomic mass is 16.5. The molecule has 0 N–H and O–H groups in total. The van der Waals surface area contributed by atoms with Crippen molar-refractivity contribution >= 4 is 11.2 Å². The molecule has 8 nitrogen and oxygen atoms in total. The summed E-state index contributed by atoms with van der Waals surface area (Å²) in [6.45, 7) is 3.16. The fraction of sp³-hybridized carbons (Fsp3) is 0.238. The van der Waals surface area contributed by atoms with Crippen molar-refractivity contribution in [3.05, 3.63) is 70.6 Å².